The van der Waals surface area contributed by atoms with Crippen molar-refractivity contribution in [2.75, 3.05) is 20.1 Å². The van der Waals surface area contributed by atoms with Gasteiger partial charge in [-0.25, -0.2) is 9.37 Å². The van der Waals surface area contributed by atoms with Crippen LogP contribution in [0.1, 0.15) is 55.2 Å². The maximum Gasteiger partial charge on any atom is 0.254 e. The van der Waals surface area contributed by atoms with E-state index in [1.54, 1.807) is 17.0 Å². The first kappa shape index (κ1) is 24.4. The molecule has 0 unspecified atom stereocenters. The molecule has 2 amide bonds. The lowest BCUT2D eigenvalue weighted by Gasteiger charge is -2.18. The average Bonchev–Trinajstić information content (AvgIpc) is 3.16. The van der Waals surface area contributed by atoms with E-state index in [2.05, 4.69) is 12.2 Å². The fourth-order valence-corrected chi connectivity index (χ4v) is 3.80. The van der Waals surface area contributed by atoms with Gasteiger partial charge in [0.05, 0.1) is 16.6 Å². The molecule has 2 aromatic carbocycles. The zero-order valence-electron chi connectivity index (χ0n) is 19.5. The van der Waals surface area contributed by atoms with Crippen LogP contribution in [0.25, 0.3) is 11.0 Å². The number of carbonyl (C=O) groups excluding carboxylic acids is 2. The molecule has 0 fully saturated rings. The number of hydrogen-bond acceptors (Lipinski definition) is 3. The predicted octanol–water partition coefficient (Wildman–Crippen LogP) is 4.58. The van der Waals surface area contributed by atoms with E-state index in [-0.39, 0.29) is 23.9 Å². The summed E-state index contributed by atoms with van der Waals surface area (Å²) in [6.45, 7) is 3.65. The van der Waals surface area contributed by atoms with Gasteiger partial charge in [-0.2, -0.15) is 0 Å². The monoisotopic (exact) mass is 452 g/mol. The molecule has 0 radical (unpaired) electrons. The molecular formula is C26H33FN4O2. The van der Waals surface area contributed by atoms with Crippen LogP contribution in [0.5, 0.6) is 0 Å². The number of carbonyl (C=O) groups is 2. The van der Waals surface area contributed by atoms with Crippen molar-refractivity contribution in [1.82, 2.24) is 19.8 Å². The van der Waals surface area contributed by atoms with Gasteiger partial charge in [0, 0.05) is 26.6 Å². The molecule has 1 aromatic heterocycles. The third-order valence-corrected chi connectivity index (χ3v) is 5.78. The summed E-state index contributed by atoms with van der Waals surface area (Å²) in [7, 11) is 1.85. The molecule has 0 atom stereocenters. The Morgan fingerprint density at radius 1 is 1.03 bits per heavy atom. The van der Waals surface area contributed by atoms with Gasteiger partial charge >= 0.3 is 0 Å². The number of aryl methyl sites for hydroxylation is 1. The molecule has 0 aliphatic heterocycles. The highest BCUT2D eigenvalue weighted by molar-refractivity contribution is 5.94. The molecule has 0 aliphatic rings. The summed E-state index contributed by atoms with van der Waals surface area (Å²) in [6.07, 6.45) is 5.37. The van der Waals surface area contributed by atoms with Gasteiger partial charge in [-0.15, -0.1) is 0 Å². The van der Waals surface area contributed by atoms with Gasteiger partial charge in [-0.1, -0.05) is 44.0 Å². The van der Waals surface area contributed by atoms with Crippen LogP contribution in [-0.2, 0) is 17.8 Å². The van der Waals surface area contributed by atoms with E-state index >= 15 is 0 Å². The SMILES string of the molecule is CCCCN(C)C(=O)Cn1c(CCCCCNC(=O)c2ccccc2F)nc2ccccc21. The zero-order chi connectivity index (χ0) is 23.6. The number of amides is 2. The number of aromatic nitrogens is 2. The summed E-state index contributed by atoms with van der Waals surface area (Å²) in [5, 5.41) is 2.78. The number of benzene rings is 2. The highest BCUT2D eigenvalue weighted by Gasteiger charge is 2.16. The van der Waals surface area contributed by atoms with Crippen LogP contribution in [0.2, 0.25) is 0 Å². The third-order valence-electron chi connectivity index (χ3n) is 5.78. The molecule has 6 nitrogen and oxygen atoms in total. The lowest BCUT2D eigenvalue weighted by atomic mass is 10.1. The van der Waals surface area contributed by atoms with E-state index < -0.39 is 5.82 Å². The number of likely N-dealkylation sites (N-methyl/N-ethyl adjacent to an activating group) is 1. The summed E-state index contributed by atoms with van der Waals surface area (Å²) in [5.74, 6) is 0.0944. The Hall–Kier alpha value is -3.22. The maximum atomic E-state index is 13.7. The second-order valence-corrected chi connectivity index (χ2v) is 8.32. The molecule has 1 N–H and O–H groups in total. The molecule has 3 aromatic rings. The first-order valence-corrected chi connectivity index (χ1v) is 11.7. The van der Waals surface area contributed by atoms with E-state index in [9.17, 15) is 14.0 Å². The van der Waals surface area contributed by atoms with Crippen LogP contribution >= 0.6 is 0 Å². The van der Waals surface area contributed by atoms with Crippen molar-refractivity contribution in [2.24, 2.45) is 0 Å². The van der Waals surface area contributed by atoms with E-state index in [4.69, 9.17) is 4.98 Å². The van der Waals surface area contributed by atoms with Crippen LogP contribution < -0.4 is 5.32 Å². The molecule has 0 saturated carbocycles. The van der Waals surface area contributed by atoms with Gasteiger partial charge in [0.25, 0.3) is 5.91 Å². The highest BCUT2D eigenvalue weighted by atomic mass is 19.1. The Balaban J connectivity index is 1.52. The molecule has 1 heterocycles. The van der Waals surface area contributed by atoms with Crippen LogP contribution in [-0.4, -0.2) is 46.4 Å². The molecule has 3 rings (SSSR count). The first-order chi connectivity index (χ1) is 16.0. The molecule has 0 aliphatic carbocycles. The van der Waals surface area contributed by atoms with Crippen molar-refractivity contribution in [3.05, 3.63) is 65.7 Å². The molecule has 176 valence electrons. The minimum atomic E-state index is -0.510. The number of hydrogen-bond donors (Lipinski definition) is 1. The third kappa shape index (κ3) is 6.63. The quantitative estimate of drug-likeness (QED) is 0.409. The van der Waals surface area contributed by atoms with Crippen molar-refractivity contribution in [3.63, 3.8) is 0 Å². The van der Waals surface area contributed by atoms with E-state index in [1.807, 2.05) is 35.9 Å². The zero-order valence-corrected chi connectivity index (χ0v) is 19.5. The molecular weight excluding hydrogens is 419 g/mol. The smallest absolute Gasteiger partial charge is 0.254 e. The van der Waals surface area contributed by atoms with Crippen LogP contribution in [0.4, 0.5) is 4.39 Å². The lowest BCUT2D eigenvalue weighted by Crippen LogP contribution is -2.31. The Morgan fingerprint density at radius 2 is 1.79 bits per heavy atom. The van der Waals surface area contributed by atoms with Crippen molar-refractivity contribution in [1.29, 1.82) is 0 Å². The normalized spacial score (nSPS) is 11.0. The lowest BCUT2D eigenvalue weighted by molar-refractivity contribution is -0.130. The summed E-state index contributed by atoms with van der Waals surface area (Å²) in [4.78, 5) is 31.4. The van der Waals surface area contributed by atoms with Gasteiger partial charge in [0.1, 0.15) is 18.2 Å². The van der Waals surface area contributed by atoms with Crippen molar-refractivity contribution in [2.45, 2.75) is 52.0 Å². The Morgan fingerprint density at radius 3 is 2.58 bits per heavy atom. The number of unbranched alkanes of at least 4 members (excludes halogenated alkanes) is 3. The van der Waals surface area contributed by atoms with Crippen LogP contribution in [0, 0.1) is 5.82 Å². The van der Waals surface area contributed by atoms with Crippen molar-refractivity contribution >= 4 is 22.8 Å². The van der Waals surface area contributed by atoms with Crippen LogP contribution in [0.3, 0.4) is 0 Å². The van der Waals surface area contributed by atoms with Crippen molar-refractivity contribution in [3.8, 4) is 0 Å². The Kier molecular flexibility index (Phi) is 8.98. The van der Waals surface area contributed by atoms with Gasteiger partial charge < -0.3 is 14.8 Å². The number of imidazole rings is 1. The molecule has 0 spiro atoms. The first-order valence-electron chi connectivity index (χ1n) is 11.7. The van der Waals surface area contributed by atoms with Crippen molar-refractivity contribution < 1.29 is 14.0 Å². The highest BCUT2D eigenvalue weighted by Crippen LogP contribution is 2.18. The summed E-state index contributed by atoms with van der Waals surface area (Å²) < 4.78 is 15.7. The topological polar surface area (TPSA) is 67.2 Å². The predicted molar refractivity (Wildman–Crippen MR) is 129 cm³/mol. The summed E-state index contributed by atoms with van der Waals surface area (Å²) in [6, 6.07) is 13.9. The average molecular weight is 453 g/mol. The standard InChI is InChI=1S/C26H33FN4O2/c1-3-4-18-30(2)25(32)19-31-23-15-10-9-14-22(23)29-24(31)16-6-5-11-17-28-26(33)20-12-7-8-13-21(20)27/h7-10,12-15H,3-6,11,16-19H2,1-2H3,(H,28,33). The fourth-order valence-electron chi connectivity index (χ4n) is 3.80. The van der Waals surface area contributed by atoms with Gasteiger partial charge in [0.15, 0.2) is 0 Å². The largest absolute Gasteiger partial charge is 0.352 e. The minimum Gasteiger partial charge on any atom is -0.352 e. The number of fused-ring (bicyclic) bond motifs is 1. The summed E-state index contributed by atoms with van der Waals surface area (Å²) in [5.41, 5.74) is 1.94. The van der Waals surface area contributed by atoms with E-state index in [1.165, 1.54) is 12.1 Å². The molecule has 7 heteroatoms. The number of rotatable bonds is 12. The van der Waals surface area contributed by atoms with E-state index in [0.29, 0.717) is 6.54 Å². The number of nitrogens with one attached hydrogen (secondary N) is 1. The van der Waals surface area contributed by atoms with Gasteiger partial charge in [-0.3, -0.25) is 9.59 Å². The maximum absolute atomic E-state index is 13.7. The molecule has 33 heavy (non-hydrogen) atoms. The van der Waals surface area contributed by atoms with Crippen LogP contribution in [0.15, 0.2) is 48.5 Å². The minimum absolute atomic E-state index is 0.0692. The fraction of sp³-hybridized carbons (Fsp3) is 0.423. The molecule has 0 saturated heterocycles. The number of halogens is 1. The van der Waals surface area contributed by atoms with E-state index in [0.717, 1.165) is 61.9 Å². The molecule has 0 bridgehead atoms. The summed E-state index contributed by atoms with van der Waals surface area (Å²) >= 11 is 0. The Bertz CT molecular complexity index is 1080. The van der Waals surface area contributed by atoms with Gasteiger partial charge in [0.2, 0.25) is 5.91 Å². The Labute approximate surface area is 194 Å². The number of nitrogens with zero attached hydrogens (tertiary/aromatic N) is 3. The second-order valence-electron chi connectivity index (χ2n) is 8.32. The number of para-hydroxylation sites is 2. The van der Waals surface area contributed by atoms with Gasteiger partial charge in [-0.05, 0) is 43.5 Å². The second kappa shape index (κ2) is 12.1.